The SMILES string of the molecule is Cc1ccncc1CCNC(=O)c1ccnc(-c2cccnc2)n1. The Bertz CT molecular complexity index is 836. The molecular weight excluding hydrogens is 302 g/mol. The van der Waals surface area contributed by atoms with Gasteiger partial charge in [0.2, 0.25) is 0 Å². The van der Waals surface area contributed by atoms with Gasteiger partial charge in [0.25, 0.3) is 5.91 Å². The van der Waals surface area contributed by atoms with Crippen molar-refractivity contribution in [3.63, 3.8) is 0 Å². The second kappa shape index (κ2) is 7.41. The molecule has 0 atom stereocenters. The molecule has 0 fully saturated rings. The Labute approximate surface area is 140 Å². The van der Waals surface area contributed by atoms with Crippen molar-refractivity contribution in [3.05, 3.63) is 72.1 Å². The molecule has 1 amide bonds. The molecule has 0 aliphatic heterocycles. The van der Waals surface area contributed by atoms with Crippen molar-refractivity contribution >= 4 is 5.91 Å². The summed E-state index contributed by atoms with van der Waals surface area (Å²) in [4.78, 5) is 28.9. The molecule has 0 saturated heterocycles. The fourth-order valence-corrected chi connectivity index (χ4v) is 2.28. The number of amides is 1. The number of nitrogens with one attached hydrogen (secondary N) is 1. The van der Waals surface area contributed by atoms with Crippen LogP contribution in [-0.2, 0) is 6.42 Å². The van der Waals surface area contributed by atoms with Crippen molar-refractivity contribution in [2.75, 3.05) is 6.54 Å². The highest BCUT2D eigenvalue weighted by Gasteiger charge is 2.10. The number of hydrogen-bond donors (Lipinski definition) is 1. The third-order valence-electron chi connectivity index (χ3n) is 3.64. The molecule has 0 aliphatic rings. The second-order valence-electron chi connectivity index (χ2n) is 5.32. The highest BCUT2D eigenvalue weighted by molar-refractivity contribution is 5.92. The van der Waals surface area contributed by atoms with Crippen LogP contribution in [0.15, 0.2) is 55.2 Å². The van der Waals surface area contributed by atoms with Crippen molar-refractivity contribution in [1.82, 2.24) is 25.3 Å². The summed E-state index contributed by atoms with van der Waals surface area (Å²) in [6.07, 6.45) is 9.25. The average molecular weight is 319 g/mol. The lowest BCUT2D eigenvalue weighted by molar-refractivity contribution is 0.0949. The lowest BCUT2D eigenvalue weighted by Gasteiger charge is -2.07. The van der Waals surface area contributed by atoms with E-state index in [4.69, 9.17) is 0 Å². The third kappa shape index (κ3) is 3.78. The van der Waals surface area contributed by atoms with Crippen LogP contribution in [0.25, 0.3) is 11.4 Å². The van der Waals surface area contributed by atoms with Gasteiger partial charge in [0.15, 0.2) is 5.82 Å². The summed E-state index contributed by atoms with van der Waals surface area (Å²) in [7, 11) is 0. The summed E-state index contributed by atoms with van der Waals surface area (Å²) in [5.74, 6) is 0.267. The number of carbonyl (C=O) groups excluding carboxylic acids is 1. The van der Waals surface area contributed by atoms with Crippen LogP contribution in [-0.4, -0.2) is 32.4 Å². The molecule has 6 nitrogen and oxygen atoms in total. The van der Waals surface area contributed by atoms with E-state index in [0.29, 0.717) is 18.1 Å². The van der Waals surface area contributed by atoms with Gasteiger partial charge in [0.05, 0.1) is 0 Å². The monoisotopic (exact) mass is 319 g/mol. The number of rotatable bonds is 5. The largest absolute Gasteiger partial charge is 0.350 e. The first-order valence-corrected chi connectivity index (χ1v) is 7.65. The van der Waals surface area contributed by atoms with E-state index in [1.54, 1.807) is 30.9 Å². The van der Waals surface area contributed by atoms with Gasteiger partial charge in [-0.05, 0) is 48.7 Å². The quantitative estimate of drug-likeness (QED) is 0.780. The molecule has 1 N–H and O–H groups in total. The highest BCUT2D eigenvalue weighted by atomic mass is 16.1. The lowest BCUT2D eigenvalue weighted by atomic mass is 10.1. The van der Waals surface area contributed by atoms with Gasteiger partial charge < -0.3 is 5.32 Å². The molecular formula is C18H17N5O. The zero-order valence-electron chi connectivity index (χ0n) is 13.3. The van der Waals surface area contributed by atoms with Gasteiger partial charge in [0.1, 0.15) is 5.69 Å². The molecule has 0 unspecified atom stereocenters. The van der Waals surface area contributed by atoms with Crippen LogP contribution in [0.3, 0.4) is 0 Å². The van der Waals surface area contributed by atoms with Gasteiger partial charge in [-0.2, -0.15) is 0 Å². The summed E-state index contributed by atoms with van der Waals surface area (Å²) < 4.78 is 0. The van der Waals surface area contributed by atoms with Gasteiger partial charge in [-0.3, -0.25) is 14.8 Å². The summed E-state index contributed by atoms with van der Waals surface area (Å²) >= 11 is 0. The molecule has 0 aromatic carbocycles. The molecule has 3 aromatic heterocycles. The fraction of sp³-hybridized carbons (Fsp3) is 0.167. The molecule has 0 bridgehead atoms. The van der Waals surface area contributed by atoms with E-state index in [9.17, 15) is 4.79 Å². The first kappa shape index (κ1) is 15.7. The summed E-state index contributed by atoms with van der Waals surface area (Å²) in [6.45, 7) is 2.56. The van der Waals surface area contributed by atoms with E-state index in [1.165, 1.54) is 5.56 Å². The van der Waals surface area contributed by atoms with E-state index < -0.39 is 0 Å². The predicted molar refractivity (Wildman–Crippen MR) is 90.3 cm³/mol. The number of carbonyl (C=O) groups is 1. The number of nitrogens with zero attached hydrogens (tertiary/aromatic N) is 4. The Kier molecular flexibility index (Phi) is 4.86. The molecule has 24 heavy (non-hydrogen) atoms. The number of pyridine rings is 2. The minimum Gasteiger partial charge on any atom is -0.350 e. The van der Waals surface area contributed by atoms with Crippen LogP contribution in [0.1, 0.15) is 21.6 Å². The Morgan fingerprint density at radius 2 is 1.96 bits per heavy atom. The highest BCUT2D eigenvalue weighted by Crippen LogP contribution is 2.12. The van der Waals surface area contributed by atoms with E-state index in [2.05, 4.69) is 25.3 Å². The van der Waals surface area contributed by atoms with Gasteiger partial charge in [0, 0.05) is 43.1 Å². The maximum Gasteiger partial charge on any atom is 0.270 e. The Morgan fingerprint density at radius 3 is 2.75 bits per heavy atom. The minimum atomic E-state index is -0.218. The van der Waals surface area contributed by atoms with Crippen LogP contribution in [0, 0.1) is 6.92 Å². The number of aryl methyl sites for hydroxylation is 1. The summed E-state index contributed by atoms with van der Waals surface area (Å²) in [5.41, 5.74) is 3.40. The van der Waals surface area contributed by atoms with Crippen LogP contribution in [0.5, 0.6) is 0 Å². The first-order chi connectivity index (χ1) is 11.7. The molecule has 3 aromatic rings. The Hall–Kier alpha value is -3.15. The van der Waals surface area contributed by atoms with Crippen molar-refractivity contribution in [2.24, 2.45) is 0 Å². The van der Waals surface area contributed by atoms with Crippen molar-refractivity contribution < 1.29 is 4.79 Å². The fourth-order valence-electron chi connectivity index (χ4n) is 2.28. The van der Waals surface area contributed by atoms with Gasteiger partial charge >= 0.3 is 0 Å². The van der Waals surface area contributed by atoms with Gasteiger partial charge in [-0.15, -0.1) is 0 Å². The normalized spacial score (nSPS) is 10.4. The maximum atomic E-state index is 12.3. The summed E-state index contributed by atoms with van der Waals surface area (Å²) in [6, 6.07) is 7.23. The van der Waals surface area contributed by atoms with Crippen molar-refractivity contribution in [1.29, 1.82) is 0 Å². The van der Waals surface area contributed by atoms with E-state index in [1.807, 2.05) is 31.3 Å². The molecule has 3 heterocycles. The van der Waals surface area contributed by atoms with E-state index in [-0.39, 0.29) is 5.91 Å². The van der Waals surface area contributed by atoms with Crippen LogP contribution in [0.4, 0.5) is 0 Å². The van der Waals surface area contributed by atoms with Crippen molar-refractivity contribution in [3.8, 4) is 11.4 Å². The van der Waals surface area contributed by atoms with Crippen LogP contribution >= 0.6 is 0 Å². The zero-order valence-corrected chi connectivity index (χ0v) is 13.3. The second-order valence-corrected chi connectivity index (χ2v) is 5.32. The maximum absolute atomic E-state index is 12.3. The average Bonchev–Trinajstić information content (AvgIpc) is 2.64. The molecule has 3 rings (SSSR count). The first-order valence-electron chi connectivity index (χ1n) is 7.65. The molecule has 120 valence electrons. The molecule has 0 spiro atoms. The lowest BCUT2D eigenvalue weighted by Crippen LogP contribution is -2.27. The van der Waals surface area contributed by atoms with Crippen molar-refractivity contribution in [2.45, 2.75) is 13.3 Å². The number of aromatic nitrogens is 4. The Balaban J connectivity index is 1.64. The van der Waals surface area contributed by atoms with Crippen LogP contribution < -0.4 is 5.32 Å². The summed E-state index contributed by atoms with van der Waals surface area (Å²) in [5, 5.41) is 2.88. The molecule has 6 heteroatoms. The zero-order chi connectivity index (χ0) is 16.8. The van der Waals surface area contributed by atoms with Gasteiger partial charge in [-0.1, -0.05) is 0 Å². The Morgan fingerprint density at radius 1 is 1.08 bits per heavy atom. The van der Waals surface area contributed by atoms with Gasteiger partial charge in [-0.25, -0.2) is 9.97 Å². The topological polar surface area (TPSA) is 80.7 Å². The molecule has 0 saturated carbocycles. The predicted octanol–water partition coefficient (Wildman–Crippen LogP) is 2.21. The smallest absolute Gasteiger partial charge is 0.270 e. The molecule has 0 radical (unpaired) electrons. The standard InChI is InChI=1S/C18H17N5O/c1-13-4-8-20-11-14(13)5-9-22-18(24)16-6-10-21-17(23-16)15-3-2-7-19-12-15/h2-4,6-8,10-12H,5,9H2,1H3,(H,22,24). The minimum absolute atomic E-state index is 0.218. The third-order valence-corrected chi connectivity index (χ3v) is 3.64. The molecule has 0 aliphatic carbocycles. The number of hydrogen-bond acceptors (Lipinski definition) is 5. The van der Waals surface area contributed by atoms with E-state index >= 15 is 0 Å². The van der Waals surface area contributed by atoms with Crippen LogP contribution in [0.2, 0.25) is 0 Å². The van der Waals surface area contributed by atoms with E-state index in [0.717, 1.165) is 17.5 Å².